The van der Waals surface area contributed by atoms with Gasteiger partial charge >= 0.3 is 5.63 Å². The van der Waals surface area contributed by atoms with E-state index in [-0.39, 0.29) is 12.5 Å². The van der Waals surface area contributed by atoms with Gasteiger partial charge in [-0.15, -0.1) is 0 Å². The van der Waals surface area contributed by atoms with Crippen LogP contribution in [-0.2, 0) is 4.79 Å². The minimum Gasteiger partial charge on any atom is -0.493 e. The maximum Gasteiger partial charge on any atom is 0.344 e. The van der Waals surface area contributed by atoms with Gasteiger partial charge in [0, 0.05) is 11.4 Å². The Bertz CT molecular complexity index is 1030. The number of amides is 1. The lowest BCUT2D eigenvalue weighted by Crippen LogP contribution is -2.30. The van der Waals surface area contributed by atoms with Gasteiger partial charge in [0.05, 0.1) is 12.7 Å². The van der Waals surface area contributed by atoms with E-state index in [1.165, 1.54) is 7.11 Å². The summed E-state index contributed by atoms with van der Waals surface area (Å²) in [6, 6.07) is 14.5. The Hall–Kier alpha value is -3.28. The van der Waals surface area contributed by atoms with Crippen LogP contribution < -0.4 is 20.4 Å². The van der Waals surface area contributed by atoms with Gasteiger partial charge in [0.1, 0.15) is 5.75 Å². The number of hydrogen-bond donors (Lipinski definition) is 1. The molecule has 0 bridgehead atoms. The van der Waals surface area contributed by atoms with Crippen molar-refractivity contribution >= 4 is 16.9 Å². The molecular weight excluding hydrogens is 346 g/mol. The molecule has 0 radical (unpaired) electrons. The highest BCUT2D eigenvalue weighted by atomic mass is 16.5. The summed E-state index contributed by atoms with van der Waals surface area (Å²) in [7, 11) is 1.53. The first-order chi connectivity index (χ1) is 13.1. The van der Waals surface area contributed by atoms with Crippen LogP contribution in [-0.4, -0.2) is 25.7 Å². The van der Waals surface area contributed by atoms with Crippen molar-refractivity contribution in [2.75, 3.05) is 13.7 Å². The summed E-state index contributed by atoms with van der Waals surface area (Å²) < 4.78 is 16.2. The maximum atomic E-state index is 12.4. The van der Waals surface area contributed by atoms with Crippen molar-refractivity contribution in [1.82, 2.24) is 5.32 Å². The maximum absolute atomic E-state index is 12.4. The molecule has 1 saturated carbocycles. The summed E-state index contributed by atoms with van der Waals surface area (Å²) in [5, 5.41) is 3.65. The van der Waals surface area contributed by atoms with Gasteiger partial charge in [0.2, 0.25) is 0 Å². The third-order valence-electron chi connectivity index (χ3n) is 4.42. The monoisotopic (exact) mass is 365 g/mol. The second-order valence-electron chi connectivity index (χ2n) is 6.48. The molecule has 1 aromatic heterocycles. The fourth-order valence-corrected chi connectivity index (χ4v) is 2.86. The highest BCUT2D eigenvalue weighted by Gasteiger charge is 2.23. The Kier molecular flexibility index (Phi) is 4.54. The van der Waals surface area contributed by atoms with Crippen LogP contribution in [0.25, 0.3) is 22.1 Å². The number of methoxy groups -OCH3 is 1. The Labute approximate surface area is 155 Å². The van der Waals surface area contributed by atoms with Gasteiger partial charge in [-0.3, -0.25) is 4.79 Å². The van der Waals surface area contributed by atoms with E-state index >= 15 is 0 Å². The number of benzene rings is 2. The van der Waals surface area contributed by atoms with Gasteiger partial charge in [-0.2, -0.15) is 0 Å². The number of para-hydroxylation sites is 1. The molecule has 6 heteroatoms. The van der Waals surface area contributed by atoms with Gasteiger partial charge in [-0.25, -0.2) is 4.79 Å². The molecule has 6 nitrogen and oxygen atoms in total. The van der Waals surface area contributed by atoms with Crippen molar-refractivity contribution in [3.8, 4) is 22.6 Å². The number of carbonyl (C=O) groups is 1. The highest BCUT2D eigenvalue weighted by molar-refractivity contribution is 5.86. The van der Waals surface area contributed by atoms with Crippen molar-refractivity contribution in [1.29, 1.82) is 0 Å². The molecule has 0 unspecified atom stereocenters. The predicted molar refractivity (Wildman–Crippen MR) is 101 cm³/mol. The minimum atomic E-state index is -0.440. The first-order valence-electron chi connectivity index (χ1n) is 8.77. The molecule has 0 atom stereocenters. The van der Waals surface area contributed by atoms with Crippen LogP contribution in [0.2, 0.25) is 0 Å². The van der Waals surface area contributed by atoms with Gasteiger partial charge < -0.3 is 19.2 Å². The number of nitrogens with one attached hydrogen (secondary N) is 1. The summed E-state index contributed by atoms with van der Waals surface area (Å²) >= 11 is 0. The smallest absolute Gasteiger partial charge is 0.344 e. The van der Waals surface area contributed by atoms with E-state index in [1.54, 1.807) is 36.4 Å². The fourth-order valence-electron chi connectivity index (χ4n) is 2.86. The molecule has 3 aromatic rings. The Morgan fingerprint density at radius 3 is 2.67 bits per heavy atom. The van der Waals surface area contributed by atoms with E-state index in [0.29, 0.717) is 34.3 Å². The van der Waals surface area contributed by atoms with Crippen molar-refractivity contribution in [3.63, 3.8) is 0 Å². The Balaban J connectivity index is 1.53. The first kappa shape index (κ1) is 17.1. The summed E-state index contributed by atoms with van der Waals surface area (Å²) in [6.07, 6.45) is 2.08. The van der Waals surface area contributed by atoms with Crippen molar-refractivity contribution in [3.05, 3.63) is 59.0 Å². The van der Waals surface area contributed by atoms with E-state index in [9.17, 15) is 9.59 Å². The molecule has 1 fully saturated rings. The van der Waals surface area contributed by atoms with Gasteiger partial charge in [-0.05, 0) is 42.7 Å². The van der Waals surface area contributed by atoms with Crippen LogP contribution in [0.3, 0.4) is 0 Å². The van der Waals surface area contributed by atoms with Gasteiger partial charge in [0.15, 0.2) is 17.9 Å². The lowest BCUT2D eigenvalue weighted by Gasteiger charge is -2.08. The molecule has 0 aliphatic heterocycles. The highest BCUT2D eigenvalue weighted by Crippen LogP contribution is 2.28. The number of carbonyl (C=O) groups excluding carboxylic acids is 1. The zero-order valence-electron chi connectivity index (χ0n) is 14.9. The summed E-state index contributed by atoms with van der Waals surface area (Å²) in [4.78, 5) is 24.1. The number of ether oxygens (including phenoxy) is 2. The van der Waals surface area contributed by atoms with Crippen LogP contribution in [0.5, 0.6) is 11.5 Å². The Morgan fingerprint density at radius 2 is 1.96 bits per heavy atom. The van der Waals surface area contributed by atoms with Crippen molar-refractivity contribution in [2.45, 2.75) is 18.9 Å². The number of hydrogen-bond acceptors (Lipinski definition) is 5. The summed E-state index contributed by atoms with van der Waals surface area (Å²) in [6.45, 7) is -0.0201. The lowest BCUT2D eigenvalue weighted by atomic mass is 10.1. The van der Waals surface area contributed by atoms with E-state index in [0.717, 1.165) is 18.2 Å². The standard InChI is InChI=1S/C21H19NO5/c1-25-18-4-2-3-14-11-17(21(24)27-20(14)18)13-5-9-16(10-6-13)26-12-19(23)22-15-7-8-15/h2-6,9-11,15H,7-8,12H2,1H3,(H,22,23). The number of fused-ring (bicyclic) bond motifs is 1. The molecule has 4 rings (SSSR count). The quantitative estimate of drug-likeness (QED) is 0.679. The minimum absolute atomic E-state index is 0.0201. The first-order valence-corrected chi connectivity index (χ1v) is 8.77. The Morgan fingerprint density at radius 1 is 1.19 bits per heavy atom. The molecule has 1 aliphatic rings. The average molecular weight is 365 g/mol. The molecule has 0 saturated heterocycles. The molecule has 1 N–H and O–H groups in total. The average Bonchev–Trinajstić information content (AvgIpc) is 3.50. The molecule has 0 spiro atoms. The van der Waals surface area contributed by atoms with E-state index in [1.807, 2.05) is 12.1 Å². The molecule has 27 heavy (non-hydrogen) atoms. The fraction of sp³-hybridized carbons (Fsp3) is 0.238. The normalized spacial score (nSPS) is 13.4. The van der Waals surface area contributed by atoms with Crippen molar-refractivity contribution in [2.24, 2.45) is 0 Å². The van der Waals surface area contributed by atoms with Crippen LogP contribution in [0.4, 0.5) is 0 Å². The molecular formula is C21H19NO5. The van der Waals surface area contributed by atoms with Gasteiger partial charge in [0.25, 0.3) is 5.91 Å². The molecule has 138 valence electrons. The predicted octanol–water partition coefficient (Wildman–Crippen LogP) is 3.13. The van der Waals surface area contributed by atoms with Gasteiger partial charge in [-0.1, -0.05) is 24.3 Å². The zero-order valence-corrected chi connectivity index (χ0v) is 14.9. The molecule has 1 amide bonds. The van der Waals surface area contributed by atoms with Crippen LogP contribution in [0.1, 0.15) is 12.8 Å². The third-order valence-corrected chi connectivity index (χ3v) is 4.42. The topological polar surface area (TPSA) is 77.8 Å². The largest absolute Gasteiger partial charge is 0.493 e. The van der Waals surface area contributed by atoms with Crippen molar-refractivity contribution < 1.29 is 18.7 Å². The lowest BCUT2D eigenvalue weighted by molar-refractivity contribution is -0.123. The third kappa shape index (κ3) is 3.79. The van der Waals surface area contributed by atoms with E-state index in [4.69, 9.17) is 13.9 Å². The molecule has 2 aromatic carbocycles. The summed E-state index contributed by atoms with van der Waals surface area (Å²) in [5.74, 6) is 0.964. The number of rotatable bonds is 6. The second-order valence-corrected chi connectivity index (χ2v) is 6.48. The van der Waals surface area contributed by atoms with Crippen LogP contribution >= 0.6 is 0 Å². The van der Waals surface area contributed by atoms with E-state index < -0.39 is 5.63 Å². The van der Waals surface area contributed by atoms with Crippen LogP contribution in [0, 0.1) is 0 Å². The van der Waals surface area contributed by atoms with E-state index in [2.05, 4.69) is 5.32 Å². The zero-order chi connectivity index (χ0) is 18.8. The SMILES string of the molecule is COc1cccc2cc(-c3ccc(OCC(=O)NC4CC4)cc3)c(=O)oc12. The molecule has 1 aliphatic carbocycles. The second kappa shape index (κ2) is 7.15. The molecule has 1 heterocycles. The summed E-state index contributed by atoms with van der Waals surface area (Å²) in [5.41, 5.74) is 1.15. The van der Waals surface area contributed by atoms with Crippen LogP contribution in [0.15, 0.2) is 57.7 Å².